The van der Waals surface area contributed by atoms with E-state index in [1.54, 1.807) is 0 Å². The van der Waals surface area contributed by atoms with E-state index in [1.165, 1.54) is 22.4 Å². The highest BCUT2D eigenvalue weighted by molar-refractivity contribution is 6.73. The zero-order valence-electron chi connectivity index (χ0n) is 13.3. The van der Waals surface area contributed by atoms with Crippen molar-refractivity contribution >= 4 is 18.1 Å². The minimum atomic E-state index is 0.197. The molecule has 0 unspecified atom stereocenters. The lowest BCUT2D eigenvalue weighted by atomic mass is 9.40. The van der Waals surface area contributed by atoms with Gasteiger partial charge in [-0.2, -0.15) is 0 Å². The summed E-state index contributed by atoms with van der Waals surface area (Å²) in [7, 11) is 2.20. The van der Waals surface area contributed by atoms with Crippen LogP contribution in [-0.2, 0) is 0 Å². The molecule has 2 aromatic carbocycles. The van der Waals surface area contributed by atoms with Crippen LogP contribution in [-0.4, -0.2) is 13.9 Å². The third-order valence-corrected chi connectivity index (χ3v) is 4.29. The van der Waals surface area contributed by atoms with Gasteiger partial charge in [0.25, 0.3) is 6.85 Å². The maximum Gasteiger partial charge on any atom is 0.287 e. The standard InChI is InChI=1S/C19H22BN/c1-19(2,3)20-14-17(15-10-6-5-7-11-15)16-12-8-9-13-18(16)21(20)4/h5-14H,1-4H3. The first-order chi connectivity index (χ1) is 9.98. The molecule has 21 heavy (non-hydrogen) atoms. The summed E-state index contributed by atoms with van der Waals surface area (Å²) >= 11 is 0. The first-order valence-corrected chi connectivity index (χ1v) is 7.58. The third kappa shape index (κ3) is 2.51. The Hall–Kier alpha value is -1.96. The van der Waals surface area contributed by atoms with Crippen LogP contribution < -0.4 is 4.81 Å². The van der Waals surface area contributed by atoms with E-state index in [-0.39, 0.29) is 5.31 Å². The van der Waals surface area contributed by atoms with Crippen molar-refractivity contribution in [3.63, 3.8) is 0 Å². The summed E-state index contributed by atoms with van der Waals surface area (Å²) in [5.41, 5.74) is 5.29. The lowest BCUT2D eigenvalue weighted by molar-refractivity contribution is 0.735. The van der Waals surface area contributed by atoms with E-state index >= 15 is 0 Å². The number of para-hydroxylation sites is 1. The van der Waals surface area contributed by atoms with Crippen molar-refractivity contribution in [1.82, 2.24) is 0 Å². The zero-order valence-corrected chi connectivity index (χ0v) is 13.3. The number of hydrogen-bond acceptors (Lipinski definition) is 1. The second-order valence-corrected chi connectivity index (χ2v) is 6.89. The van der Waals surface area contributed by atoms with Gasteiger partial charge < -0.3 is 4.81 Å². The van der Waals surface area contributed by atoms with Gasteiger partial charge in [-0.25, -0.2) is 0 Å². The predicted octanol–water partition coefficient (Wildman–Crippen LogP) is 4.90. The highest BCUT2D eigenvalue weighted by Crippen LogP contribution is 2.41. The van der Waals surface area contributed by atoms with Gasteiger partial charge in [0.1, 0.15) is 0 Å². The van der Waals surface area contributed by atoms with E-state index in [0.717, 1.165) is 0 Å². The van der Waals surface area contributed by atoms with Crippen LogP contribution in [0.3, 0.4) is 0 Å². The largest absolute Gasteiger partial charge is 0.413 e. The van der Waals surface area contributed by atoms with E-state index in [0.29, 0.717) is 6.85 Å². The Morgan fingerprint density at radius 1 is 0.857 bits per heavy atom. The SMILES string of the molecule is CN1B(C(C)(C)C)C=C(c2ccccc2)c2ccccc21. The van der Waals surface area contributed by atoms with Crippen LogP contribution in [0.5, 0.6) is 0 Å². The zero-order chi connectivity index (χ0) is 15.0. The summed E-state index contributed by atoms with van der Waals surface area (Å²) in [5, 5.41) is 0.197. The molecule has 0 radical (unpaired) electrons. The summed E-state index contributed by atoms with van der Waals surface area (Å²) in [5.74, 6) is 2.43. The Morgan fingerprint density at radius 2 is 1.48 bits per heavy atom. The first kappa shape index (κ1) is 14.0. The summed E-state index contributed by atoms with van der Waals surface area (Å²) < 4.78 is 0. The molecule has 1 heterocycles. The fourth-order valence-electron chi connectivity index (χ4n) is 3.22. The fourth-order valence-corrected chi connectivity index (χ4v) is 3.22. The van der Waals surface area contributed by atoms with Crippen molar-refractivity contribution in [2.45, 2.75) is 26.1 Å². The molecule has 0 saturated heterocycles. The summed E-state index contributed by atoms with van der Waals surface area (Å²) in [6, 6.07) is 19.4. The molecule has 3 rings (SSSR count). The average molecular weight is 275 g/mol. The molecule has 0 N–H and O–H groups in total. The summed E-state index contributed by atoms with van der Waals surface area (Å²) in [4.78, 5) is 2.40. The minimum absolute atomic E-state index is 0.197. The lowest BCUT2D eigenvalue weighted by Gasteiger charge is -2.39. The second-order valence-electron chi connectivity index (χ2n) is 6.89. The van der Waals surface area contributed by atoms with Crippen molar-refractivity contribution in [2.75, 3.05) is 11.9 Å². The Kier molecular flexibility index (Phi) is 3.40. The van der Waals surface area contributed by atoms with Gasteiger partial charge in [-0.1, -0.05) is 75.3 Å². The van der Waals surface area contributed by atoms with E-state index in [4.69, 9.17) is 0 Å². The molecule has 1 nitrogen and oxygen atoms in total. The van der Waals surface area contributed by atoms with Crippen LogP contribution >= 0.6 is 0 Å². The van der Waals surface area contributed by atoms with E-state index in [2.05, 4.69) is 93.2 Å². The van der Waals surface area contributed by atoms with Gasteiger partial charge in [-0.05, 0) is 29.6 Å². The number of hydrogen-bond donors (Lipinski definition) is 0. The van der Waals surface area contributed by atoms with Crippen LogP contribution in [0.2, 0.25) is 5.31 Å². The van der Waals surface area contributed by atoms with E-state index in [1.807, 2.05) is 0 Å². The highest BCUT2D eigenvalue weighted by atomic mass is 15.0. The monoisotopic (exact) mass is 275 g/mol. The number of nitrogens with zero attached hydrogens (tertiary/aromatic N) is 1. The third-order valence-electron chi connectivity index (χ3n) is 4.29. The number of fused-ring (bicyclic) bond motifs is 1. The van der Waals surface area contributed by atoms with E-state index < -0.39 is 0 Å². The predicted molar refractivity (Wildman–Crippen MR) is 93.8 cm³/mol. The van der Waals surface area contributed by atoms with Gasteiger partial charge in [-0.3, -0.25) is 0 Å². The smallest absolute Gasteiger partial charge is 0.287 e. The number of benzene rings is 2. The normalized spacial score (nSPS) is 14.8. The quantitative estimate of drug-likeness (QED) is 0.669. The van der Waals surface area contributed by atoms with Crippen LogP contribution in [0.25, 0.3) is 5.57 Å². The van der Waals surface area contributed by atoms with Crippen molar-refractivity contribution < 1.29 is 0 Å². The second kappa shape index (κ2) is 5.11. The van der Waals surface area contributed by atoms with Crippen LogP contribution in [0.4, 0.5) is 5.69 Å². The number of anilines is 1. The maximum absolute atomic E-state index is 2.43. The van der Waals surface area contributed by atoms with Gasteiger partial charge in [0.05, 0.1) is 0 Å². The van der Waals surface area contributed by atoms with Gasteiger partial charge in [0.15, 0.2) is 0 Å². The Labute approximate surface area is 128 Å². The molecule has 0 spiro atoms. The van der Waals surface area contributed by atoms with Gasteiger partial charge in [0, 0.05) is 11.3 Å². The molecular weight excluding hydrogens is 253 g/mol. The molecule has 0 bridgehead atoms. The average Bonchev–Trinajstić information content (AvgIpc) is 2.47. The van der Waals surface area contributed by atoms with Gasteiger partial charge in [0.2, 0.25) is 0 Å². The molecule has 0 fully saturated rings. The number of rotatable bonds is 1. The molecule has 1 aliphatic heterocycles. The molecule has 106 valence electrons. The Morgan fingerprint density at radius 3 is 2.14 bits per heavy atom. The molecule has 0 saturated carbocycles. The Balaban J connectivity index is 2.20. The highest BCUT2D eigenvalue weighted by Gasteiger charge is 2.36. The Bertz CT molecular complexity index is 667. The summed E-state index contributed by atoms with van der Waals surface area (Å²) in [6.07, 6.45) is 0. The van der Waals surface area contributed by atoms with Crippen molar-refractivity contribution in [2.24, 2.45) is 0 Å². The summed E-state index contributed by atoms with van der Waals surface area (Å²) in [6.45, 7) is 7.31. The van der Waals surface area contributed by atoms with Gasteiger partial charge in [-0.15, -0.1) is 0 Å². The lowest BCUT2D eigenvalue weighted by Crippen LogP contribution is -2.44. The molecule has 0 amide bonds. The van der Waals surface area contributed by atoms with E-state index in [9.17, 15) is 0 Å². The molecule has 2 aromatic rings. The first-order valence-electron chi connectivity index (χ1n) is 7.58. The molecule has 0 aromatic heterocycles. The minimum Gasteiger partial charge on any atom is -0.413 e. The molecule has 0 atom stereocenters. The topological polar surface area (TPSA) is 3.24 Å². The van der Waals surface area contributed by atoms with Crippen LogP contribution in [0, 0.1) is 0 Å². The fraction of sp³-hybridized carbons (Fsp3) is 0.263. The molecule has 1 aliphatic rings. The van der Waals surface area contributed by atoms with Gasteiger partial charge >= 0.3 is 0 Å². The maximum atomic E-state index is 2.43. The van der Waals surface area contributed by atoms with Crippen LogP contribution in [0.15, 0.2) is 60.6 Å². The molecular formula is C19H22BN. The van der Waals surface area contributed by atoms with Crippen molar-refractivity contribution in [3.8, 4) is 0 Å². The van der Waals surface area contributed by atoms with Crippen molar-refractivity contribution in [1.29, 1.82) is 0 Å². The molecule has 0 aliphatic carbocycles. The molecule has 2 heteroatoms. The van der Waals surface area contributed by atoms with Crippen LogP contribution in [0.1, 0.15) is 31.9 Å². The van der Waals surface area contributed by atoms with Crippen molar-refractivity contribution in [3.05, 3.63) is 71.7 Å².